The Labute approximate surface area is 169 Å². The number of hydrogen-bond acceptors (Lipinski definition) is 3. The number of piperidine rings is 1. The van der Waals surface area contributed by atoms with Crippen LogP contribution in [0.25, 0.3) is 0 Å². The highest BCUT2D eigenvalue weighted by molar-refractivity contribution is 9.10. The normalized spacial score (nSPS) is 17.7. The summed E-state index contributed by atoms with van der Waals surface area (Å²) in [6.45, 7) is 5.13. The highest BCUT2D eigenvalue weighted by atomic mass is 79.9. The van der Waals surface area contributed by atoms with Gasteiger partial charge in [-0.2, -0.15) is 0 Å². The van der Waals surface area contributed by atoms with Gasteiger partial charge in [-0.3, -0.25) is 4.90 Å². The SMILES string of the molecule is O=C(OCc1ccccc1)N1CCC(CN2Cc3ccc(Br)cc3C2)CC1. The van der Waals surface area contributed by atoms with Crippen LogP contribution in [0.3, 0.4) is 0 Å². The van der Waals surface area contributed by atoms with Crippen molar-refractivity contribution >= 4 is 22.0 Å². The minimum absolute atomic E-state index is 0.185. The quantitative estimate of drug-likeness (QED) is 0.699. The Morgan fingerprint density at radius 3 is 2.56 bits per heavy atom. The van der Waals surface area contributed by atoms with Crippen LogP contribution < -0.4 is 0 Å². The standard InChI is InChI=1S/C22H25BrN2O2/c23-21-7-6-19-14-24(15-20(19)12-21)13-17-8-10-25(11-9-17)22(26)27-16-18-4-2-1-3-5-18/h1-7,12,17H,8-11,13-16H2. The van der Waals surface area contributed by atoms with Gasteiger partial charge in [0.1, 0.15) is 6.61 Å². The number of nitrogens with zero attached hydrogens (tertiary/aromatic N) is 2. The molecule has 4 rings (SSSR count). The first kappa shape index (κ1) is 18.5. The topological polar surface area (TPSA) is 32.8 Å². The molecule has 1 saturated heterocycles. The molecular formula is C22H25BrN2O2. The second-order valence-corrected chi connectivity index (χ2v) is 8.47. The summed E-state index contributed by atoms with van der Waals surface area (Å²) >= 11 is 3.56. The number of carbonyl (C=O) groups excluding carboxylic acids is 1. The van der Waals surface area contributed by atoms with Gasteiger partial charge in [-0.25, -0.2) is 4.79 Å². The average Bonchev–Trinajstić information content (AvgIpc) is 3.09. The molecule has 0 N–H and O–H groups in total. The Kier molecular flexibility index (Phi) is 5.79. The van der Waals surface area contributed by atoms with Crippen molar-refractivity contribution in [2.45, 2.75) is 32.5 Å². The molecule has 2 heterocycles. The van der Waals surface area contributed by atoms with Gasteiger partial charge < -0.3 is 9.64 Å². The first-order chi connectivity index (χ1) is 13.2. The van der Waals surface area contributed by atoms with E-state index in [4.69, 9.17) is 4.74 Å². The first-order valence-corrected chi connectivity index (χ1v) is 10.4. The minimum atomic E-state index is -0.185. The summed E-state index contributed by atoms with van der Waals surface area (Å²) in [5.41, 5.74) is 3.91. The largest absolute Gasteiger partial charge is 0.445 e. The molecule has 2 aliphatic rings. The number of halogens is 1. The fourth-order valence-electron chi connectivity index (χ4n) is 4.04. The third-order valence-electron chi connectivity index (χ3n) is 5.55. The Morgan fingerprint density at radius 2 is 1.78 bits per heavy atom. The number of ether oxygens (including phenoxy) is 1. The fraction of sp³-hybridized carbons (Fsp3) is 0.409. The van der Waals surface area contributed by atoms with Gasteiger partial charge >= 0.3 is 6.09 Å². The van der Waals surface area contributed by atoms with E-state index in [2.05, 4.69) is 39.0 Å². The maximum absolute atomic E-state index is 12.3. The third kappa shape index (κ3) is 4.71. The molecule has 2 aliphatic heterocycles. The van der Waals surface area contributed by atoms with Crippen molar-refractivity contribution in [3.8, 4) is 0 Å². The summed E-state index contributed by atoms with van der Waals surface area (Å²) in [5, 5.41) is 0. The van der Waals surface area contributed by atoms with Crippen LogP contribution in [-0.2, 0) is 24.4 Å². The maximum Gasteiger partial charge on any atom is 0.410 e. The second-order valence-electron chi connectivity index (χ2n) is 7.55. The summed E-state index contributed by atoms with van der Waals surface area (Å²) < 4.78 is 6.62. The number of carbonyl (C=O) groups is 1. The highest BCUT2D eigenvalue weighted by Crippen LogP contribution is 2.28. The number of amides is 1. The Hall–Kier alpha value is -1.85. The molecule has 0 saturated carbocycles. The maximum atomic E-state index is 12.3. The van der Waals surface area contributed by atoms with E-state index in [1.807, 2.05) is 35.2 Å². The van der Waals surface area contributed by atoms with Crippen molar-refractivity contribution in [1.82, 2.24) is 9.80 Å². The molecule has 27 heavy (non-hydrogen) atoms. The molecule has 1 fully saturated rings. The van der Waals surface area contributed by atoms with Gasteiger partial charge in [-0.1, -0.05) is 52.3 Å². The first-order valence-electron chi connectivity index (χ1n) is 9.62. The van der Waals surface area contributed by atoms with Crippen molar-refractivity contribution in [2.24, 2.45) is 5.92 Å². The molecule has 0 atom stereocenters. The molecule has 1 amide bonds. The zero-order chi connectivity index (χ0) is 18.6. The van der Waals surface area contributed by atoms with Gasteiger partial charge in [0.15, 0.2) is 0 Å². The summed E-state index contributed by atoms with van der Waals surface area (Å²) in [6.07, 6.45) is 1.92. The molecule has 0 bridgehead atoms. The number of likely N-dealkylation sites (tertiary alicyclic amines) is 1. The predicted molar refractivity (Wildman–Crippen MR) is 109 cm³/mol. The molecule has 142 valence electrons. The lowest BCUT2D eigenvalue weighted by Crippen LogP contribution is -2.41. The van der Waals surface area contributed by atoms with Gasteiger partial charge in [-0.15, -0.1) is 0 Å². The number of fused-ring (bicyclic) bond motifs is 1. The summed E-state index contributed by atoms with van der Waals surface area (Å²) in [5.74, 6) is 0.654. The zero-order valence-corrected chi connectivity index (χ0v) is 17.0. The van der Waals surface area contributed by atoms with Crippen LogP contribution in [0.4, 0.5) is 4.79 Å². The Morgan fingerprint density at radius 1 is 1.04 bits per heavy atom. The molecule has 0 aliphatic carbocycles. The molecule has 0 spiro atoms. The highest BCUT2D eigenvalue weighted by Gasteiger charge is 2.27. The van der Waals surface area contributed by atoms with E-state index in [1.165, 1.54) is 11.1 Å². The second kappa shape index (κ2) is 8.44. The third-order valence-corrected chi connectivity index (χ3v) is 6.04. The lowest BCUT2D eigenvalue weighted by molar-refractivity contribution is 0.0770. The van der Waals surface area contributed by atoms with Crippen LogP contribution in [0.1, 0.15) is 29.5 Å². The van der Waals surface area contributed by atoms with E-state index in [1.54, 1.807) is 0 Å². The van der Waals surface area contributed by atoms with E-state index in [0.717, 1.165) is 55.6 Å². The van der Waals surface area contributed by atoms with E-state index in [0.29, 0.717) is 12.5 Å². The van der Waals surface area contributed by atoms with Crippen LogP contribution in [0.5, 0.6) is 0 Å². The van der Waals surface area contributed by atoms with Gasteiger partial charge in [0.25, 0.3) is 0 Å². The van der Waals surface area contributed by atoms with E-state index in [9.17, 15) is 4.79 Å². The molecule has 2 aromatic rings. The van der Waals surface area contributed by atoms with Crippen LogP contribution in [0.15, 0.2) is 53.0 Å². The molecule has 5 heteroatoms. The van der Waals surface area contributed by atoms with Crippen molar-refractivity contribution in [1.29, 1.82) is 0 Å². The monoisotopic (exact) mass is 428 g/mol. The van der Waals surface area contributed by atoms with Gasteiger partial charge in [0, 0.05) is 37.2 Å². The lowest BCUT2D eigenvalue weighted by atomic mass is 9.96. The number of hydrogen-bond donors (Lipinski definition) is 0. The van der Waals surface area contributed by atoms with E-state index >= 15 is 0 Å². The molecule has 0 unspecified atom stereocenters. The molecule has 2 aromatic carbocycles. The lowest BCUT2D eigenvalue weighted by Gasteiger charge is -2.33. The van der Waals surface area contributed by atoms with E-state index in [-0.39, 0.29) is 6.09 Å². The molecular weight excluding hydrogens is 404 g/mol. The average molecular weight is 429 g/mol. The van der Waals surface area contributed by atoms with Gasteiger partial charge in [0.05, 0.1) is 0 Å². The van der Waals surface area contributed by atoms with Crippen LogP contribution in [-0.4, -0.2) is 35.5 Å². The summed E-state index contributed by atoms with van der Waals surface area (Å²) in [6, 6.07) is 16.4. The van der Waals surface area contributed by atoms with Crippen molar-refractivity contribution in [3.63, 3.8) is 0 Å². The minimum Gasteiger partial charge on any atom is -0.445 e. The molecule has 0 aromatic heterocycles. The van der Waals surface area contributed by atoms with Crippen molar-refractivity contribution in [2.75, 3.05) is 19.6 Å². The van der Waals surface area contributed by atoms with Crippen LogP contribution in [0.2, 0.25) is 0 Å². The molecule has 0 radical (unpaired) electrons. The zero-order valence-electron chi connectivity index (χ0n) is 15.4. The smallest absolute Gasteiger partial charge is 0.410 e. The van der Waals surface area contributed by atoms with Crippen LogP contribution >= 0.6 is 15.9 Å². The molecule has 4 nitrogen and oxygen atoms in total. The number of rotatable bonds is 4. The fourth-order valence-corrected chi connectivity index (χ4v) is 4.45. The van der Waals surface area contributed by atoms with Crippen molar-refractivity contribution in [3.05, 3.63) is 69.7 Å². The Bertz CT molecular complexity index is 788. The Balaban J connectivity index is 1.21. The van der Waals surface area contributed by atoms with Gasteiger partial charge in [-0.05, 0) is 47.6 Å². The van der Waals surface area contributed by atoms with Gasteiger partial charge in [0.2, 0.25) is 0 Å². The van der Waals surface area contributed by atoms with Crippen molar-refractivity contribution < 1.29 is 9.53 Å². The summed E-state index contributed by atoms with van der Waals surface area (Å²) in [4.78, 5) is 16.7. The van der Waals surface area contributed by atoms with Crippen LogP contribution in [0, 0.1) is 5.92 Å². The number of benzene rings is 2. The summed E-state index contributed by atoms with van der Waals surface area (Å²) in [7, 11) is 0. The predicted octanol–water partition coefficient (Wildman–Crippen LogP) is 4.81. The van der Waals surface area contributed by atoms with E-state index < -0.39 is 0 Å².